The van der Waals surface area contributed by atoms with E-state index >= 15 is 0 Å². The summed E-state index contributed by atoms with van der Waals surface area (Å²) >= 11 is 0. The van der Waals surface area contributed by atoms with Gasteiger partial charge in [0.1, 0.15) is 11.9 Å². The van der Waals surface area contributed by atoms with Crippen molar-refractivity contribution in [2.45, 2.75) is 44.9 Å². The largest absolute Gasteiger partial charge is 0.481 e. The number of methoxy groups -OCH3 is 1. The molecule has 0 N–H and O–H groups in total. The number of piperidine rings is 1. The van der Waals surface area contributed by atoms with Crippen molar-refractivity contribution >= 4 is 17.3 Å². The molecular weight excluding hydrogens is 452 g/mol. The topological polar surface area (TPSA) is 117 Å². The van der Waals surface area contributed by atoms with Gasteiger partial charge in [-0.3, -0.25) is 14.9 Å². The monoisotopic (exact) mass is 484 g/mol. The molecule has 1 aliphatic heterocycles. The van der Waals surface area contributed by atoms with Crippen molar-refractivity contribution in [3.63, 3.8) is 0 Å². The summed E-state index contributed by atoms with van der Waals surface area (Å²) in [5.41, 5.74) is 1.58. The molecule has 2 fully saturated rings. The lowest BCUT2D eigenvalue weighted by Crippen LogP contribution is -2.36. The highest BCUT2D eigenvalue weighted by molar-refractivity contribution is 5.70. The molecule has 2 aliphatic rings. The molecule has 188 valence electrons. The summed E-state index contributed by atoms with van der Waals surface area (Å²) in [7, 11) is 1.49. The van der Waals surface area contributed by atoms with Crippen molar-refractivity contribution in [1.82, 2.24) is 9.97 Å². The molecule has 1 unspecified atom stereocenters. The molecule has 3 heterocycles. The lowest BCUT2D eigenvalue weighted by Gasteiger charge is -2.33. The highest BCUT2D eigenvalue weighted by Crippen LogP contribution is 2.45. The average Bonchev–Trinajstić information content (AvgIpc) is 3.71. The average molecular weight is 485 g/mol. The van der Waals surface area contributed by atoms with E-state index in [0.717, 1.165) is 31.2 Å². The first-order chi connectivity index (χ1) is 17.0. The molecule has 2 aromatic rings. The van der Waals surface area contributed by atoms with Gasteiger partial charge in [0, 0.05) is 31.4 Å². The number of hydrogen-bond donors (Lipinski definition) is 0. The van der Waals surface area contributed by atoms with E-state index < -0.39 is 4.92 Å². The molecule has 0 bridgehead atoms. The molecule has 35 heavy (non-hydrogen) atoms. The van der Waals surface area contributed by atoms with Crippen LogP contribution in [-0.4, -0.2) is 54.3 Å². The number of esters is 1. The summed E-state index contributed by atoms with van der Waals surface area (Å²) in [5.74, 6) is 1.72. The first-order valence-corrected chi connectivity index (χ1v) is 12.2. The minimum atomic E-state index is -0.410. The summed E-state index contributed by atoms with van der Waals surface area (Å²) in [4.78, 5) is 33.5. The van der Waals surface area contributed by atoms with Gasteiger partial charge in [-0.15, -0.1) is 0 Å². The minimum Gasteiger partial charge on any atom is -0.481 e. The van der Waals surface area contributed by atoms with Crippen molar-refractivity contribution in [2.24, 2.45) is 11.8 Å². The van der Waals surface area contributed by atoms with Crippen molar-refractivity contribution in [1.29, 1.82) is 0 Å². The fraction of sp³-hybridized carbons (Fsp3) is 0.560. The first kappa shape index (κ1) is 24.7. The molecule has 1 atom stereocenters. The predicted octanol–water partition coefficient (Wildman–Crippen LogP) is 4.14. The zero-order valence-electron chi connectivity index (χ0n) is 20.2. The van der Waals surface area contributed by atoms with Gasteiger partial charge >= 0.3 is 11.7 Å². The van der Waals surface area contributed by atoms with E-state index in [1.807, 2.05) is 24.0 Å². The summed E-state index contributed by atoms with van der Waals surface area (Å²) in [5, 5.41) is 11.4. The van der Waals surface area contributed by atoms with Crippen LogP contribution < -0.4 is 14.4 Å². The molecule has 10 heteroatoms. The molecule has 1 saturated heterocycles. The zero-order chi connectivity index (χ0) is 24.8. The van der Waals surface area contributed by atoms with Gasteiger partial charge in [0.05, 0.1) is 31.7 Å². The maximum atomic E-state index is 12.1. The van der Waals surface area contributed by atoms with Crippen LogP contribution in [0.5, 0.6) is 11.8 Å². The van der Waals surface area contributed by atoms with E-state index in [2.05, 4.69) is 9.97 Å². The number of nitrogens with zero attached hydrogens (tertiary/aromatic N) is 4. The molecule has 10 nitrogen and oxygen atoms in total. The normalized spacial score (nSPS) is 17.0. The quantitative estimate of drug-likeness (QED) is 0.263. The lowest BCUT2D eigenvalue weighted by atomic mass is 9.92. The third-order valence-electron chi connectivity index (χ3n) is 6.73. The van der Waals surface area contributed by atoms with E-state index in [1.165, 1.54) is 13.3 Å². The Morgan fingerprint density at radius 3 is 2.63 bits per heavy atom. The van der Waals surface area contributed by atoms with Gasteiger partial charge in [0.25, 0.3) is 0 Å². The molecule has 0 spiro atoms. The van der Waals surface area contributed by atoms with Gasteiger partial charge in [0.15, 0.2) is 0 Å². The third-order valence-corrected chi connectivity index (χ3v) is 6.73. The smallest absolute Gasteiger partial charge is 0.310 e. The van der Waals surface area contributed by atoms with Crippen LogP contribution in [0.15, 0.2) is 30.6 Å². The number of anilines is 1. The summed E-state index contributed by atoms with van der Waals surface area (Å²) in [6, 6.07) is 5.53. The molecule has 1 saturated carbocycles. The summed E-state index contributed by atoms with van der Waals surface area (Å²) in [6.45, 7) is 4.10. The Hall–Kier alpha value is -3.43. The van der Waals surface area contributed by atoms with Crippen LogP contribution in [0.25, 0.3) is 0 Å². The maximum Gasteiger partial charge on any atom is 0.310 e. The van der Waals surface area contributed by atoms with Crippen LogP contribution in [0.3, 0.4) is 0 Å². The van der Waals surface area contributed by atoms with Gasteiger partial charge < -0.3 is 19.1 Å². The maximum absolute atomic E-state index is 12.1. The second-order valence-electron chi connectivity index (χ2n) is 9.09. The first-order valence-electron chi connectivity index (χ1n) is 12.2. The van der Waals surface area contributed by atoms with Gasteiger partial charge in [-0.1, -0.05) is 0 Å². The number of rotatable bonds is 11. The standard InChI is InChI=1S/C25H32N4O6/c1-3-34-25(30)13-20(18-4-5-18)19-6-9-26-24(12-19)35-16-17-7-10-28(11-8-17)21-14-23(33-2)27-15-22(21)29(31)32/h6,9,12,14-15,17-18,20H,3-5,7-8,10-11,13,16H2,1-2H3. The number of carbonyl (C=O) groups is 1. The molecular formula is C25H32N4O6. The van der Waals surface area contributed by atoms with Crippen LogP contribution in [0.2, 0.25) is 0 Å². The Morgan fingerprint density at radius 1 is 1.20 bits per heavy atom. The van der Waals surface area contributed by atoms with Crippen molar-refractivity contribution in [3.8, 4) is 11.8 Å². The van der Waals surface area contributed by atoms with E-state index in [0.29, 0.717) is 62.0 Å². The van der Waals surface area contributed by atoms with E-state index in [9.17, 15) is 14.9 Å². The van der Waals surface area contributed by atoms with Crippen LogP contribution in [-0.2, 0) is 9.53 Å². The second kappa shape index (κ2) is 11.3. The highest BCUT2D eigenvalue weighted by Gasteiger charge is 2.34. The number of nitro groups is 1. The SMILES string of the molecule is CCOC(=O)CC(c1ccnc(OCC2CCN(c3cc(OC)ncc3[N+](=O)[O-])CC2)c1)C1CC1. The van der Waals surface area contributed by atoms with Gasteiger partial charge in [0.2, 0.25) is 11.8 Å². The van der Waals surface area contributed by atoms with E-state index in [1.54, 1.807) is 12.3 Å². The van der Waals surface area contributed by atoms with Crippen LogP contribution in [0.1, 0.15) is 50.5 Å². The molecule has 0 radical (unpaired) electrons. The van der Waals surface area contributed by atoms with E-state index in [-0.39, 0.29) is 17.6 Å². The Bertz CT molecular complexity index is 1040. The van der Waals surface area contributed by atoms with Gasteiger partial charge in [-0.2, -0.15) is 0 Å². The van der Waals surface area contributed by atoms with Crippen molar-refractivity contribution in [3.05, 3.63) is 46.3 Å². The van der Waals surface area contributed by atoms with Crippen molar-refractivity contribution in [2.75, 3.05) is 38.3 Å². The second-order valence-corrected chi connectivity index (χ2v) is 9.09. The fourth-order valence-corrected chi connectivity index (χ4v) is 4.66. The highest BCUT2D eigenvalue weighted by atomic mass is 16.6. The van der Waals surface area contributed by atoms with Crippen LogP contribution in [0.4, 0.5) is 11.4 Å². The Labute approximate surface area is 204 Å². The van der Waals surface area contributed by atoms with Crippen molar-refractivity contribution < 1.29 is 23.9 Å². The minimum absolute atomic E-state index is 0.0189. The summed E-state index contributed by atoms with van der Waals surface area (Å²) in [6.07, 6.45) is 7.31. The Balaban J connectivity index is 1.33. The third kappa shape index (κ3) is 6.37. The van der Waals surface area contributed by atoms with Crippen LogP contribution >= 0.6 is 0 Å². The zero-order valence-corrected chi connectivity index (χ0v) is 20.2. The Kier molecular flexibility index (Phi) is 7.99. The Morgan fingerprint density at radius 2 is 1.97 bits per heavy atom. The molecule has 2 aromatic heterocycles. The molecule has 1 aliphatic carbocycles. The fourth-order valence-electron chi connectivity index (χ4n) is 4.66. The summed E-state index contributed by atoms with van der Waals surface area (Å²) < 4.78 is 16.4. The number of ether oxygens (including phenoxy) is 3. The molecule has 4 rings (SSSR count). The predicted molar refractivity (Wildman–Crippen MR) is 129 cm³/mol. The number of pyridine rings is 2. The van der Waals surface area contributed by atoms with Gasteiger partial charge in [-0.25, -0.2) is 9.97 Å². The lowest BCUT2D eigenvalue weighted by molar-refractivity contribution is -0.384. The van der Waals surface area contributed by atoms with E-state index in [4.69, 9.17) is 14.2 Å². The van der Waals surface area contributed by atoms with Crippen LogP contribution in [0, 0.1) is 22.0 Å². The molecule has 0 aromatic carbocycles. The number of carbonyl (C=O) groups excluding carboxylic acids is 1. The number of aromatic nitrogens is 2. The molecule has 0 amide bonds. The van der Waals surface area contributed by atoms with Gasteiger partial charge in [-0.05, 0) is 62.0 Å². The number of hydrogen-bond acceptors (Lipinski definition) is 9.